The minimum absolute atomic E-state index is 0.0186. The third-order valence-electron chi connectivity index (χ3n) is 4.89. The van der Waals surface area contributed by atoms with E-state index in [1.54, 1.807) is 7.11 Å². The molecule has 0 amide bonds. The van der Waals surface area contributed by atoms with Crippen LogP contribution in [-0.2, 0) is 6.54 Å². The normalized spacial score (nSPS) is 15.6. The summed E-state index contributed by atoms with van der Waals surface area (Å²) < 4.78 is 13.0. The topological polar surface area (TPSA) is 91.3 Å². The molecule has 1 saturated heterocycles. The number of imidazole rings is 1. The molecule has 150 valence electrons. The molecule has 1 aliphatic rings. The fourth-order valence-electron chi connectivity index (χ4n) is 3.57. The number of methoxy groups -OCH3 is 1. The second-order valence-electron chi connectivity index (χ2n) is 7.44. The van der Waals surface area contributed by atoms with E-state index >= 15 is 0 Å². The molecule has 8 heteroatoms. The molecular formula is C19H32N6O2. The maximum absolute atomic E-state index is 6.06. The van der Waals surface area contributed by atoms with Crippen molar-refractivity contribution in [2.45, 2.75) is 65.0 Å². The molecule has 0 spiro atoms. The van der Waals surface area contributed by atoms with Crippen molar-refractivity contribution in [3.05, 3.63) is 0 Å². The third kappa shape index (κ3) is 5.00. The number of unbranched alkanes of at least 4 members (excludes halogenated alkanes) is 2. The van der Waals surface area contributed by atoms with E-state index in [0.717, 1.165) is 19.4 Å². The van der Waals surface area contributed by atoms with Crippen LogP contribution >= 0.6 is 0 Å². The number of likely N-dealkylation sites (tertiary alicyclic amines) is 1. The van der Waals surface area contributed by atoms with Crippen molar-refractivity contribution in [2.24, 2.45) is 0 Å². The van der Waals surface area contributed by atoms with Gasteiger partial charge in [0.25, 0.3) is 6.01 Å². The van der Waals surface area contributed by atoms with Crippen LogP contribution in [0.1, 0.15) is 52.4 Å². The molecule has 2 aromatic heterocycles. The van der Waals surface area contributed by atoms with Crippen LogP contribution in [0.4, 0.5) is 5.82 Å². The Balaban J connectivity index is 1.64. The molecule has 3 rings (SSSR count). The molecule has 2 N–H and O–H groups in total. The number of piperidine rings is 1. The van der Waals surface area contributed by atoms with Crippen LogP contribution in [0, 0.1) is 0 Å². The van der Waals surface area contributed by atoms with Crippen molar-refractivity contribution in [3.8, 4) is 12.0 Å². The second kappa shape index (κ2) is 9.21. The Morgan fingerprint density at radius 1 is 1.00 bits per heavy atom. The van der Waals surface area contributed by atoms with Gasteiger partial charge in [-0.1, -0.05) is 12.8 Å². The molecule has 0 radical (unpaired) electrons. The van der Waals surface area contributed by atoms with E-state index in [2.05, 4.69) is 19.9 Å². The highest BCUT2D eigenvalue weighted by Crippen LogP contribution is 2.26. The number of fused-ring (bicyclic) bond motifs is 1. The highest BCUT2D eigenvalue weighted by molar-refractivity contribution is 5.83. The fraction of sp³-hybridized carbons (Fsp3) is 0.737. The Labute approximate surface area is 161 Å². The van der Waals surface area contributed by atoms with Gasteiger partial charge in [-0.05, 0) is 59.2 Å². The molecular weight excluding hydrogens is 344 g/mol. The van der Waals surface area contributed by atoms with Crippen molar-refractivity contribution < 1.29 is 9.47 Å². The zero-order chi connectivity index (χ0) is 19.2. The van der Waals surface area contributed by atoms with Crippen LogP contribution in [0.2, 0.25) is 0 Å². The second-order valence-corrected chi connectivity index (χ2v) is 7.44. The van der Waals surface area contributed by atoms with E-state index in [9.17, 15) is 0 Å². The van der Waals surface area contributed by atoms with Crippen molar-refractivity contribution in [2.75, 3.05) is 32.5 Å². The summed E-state index contributed by atoms with van der Waals surface area (Å²) in [5, 5.41) is 0. The van der Waals surface area contributed by atoms with E-state index in [0.29, 0.717) is 23.0 Å². The maximum Gasteiger partial charge on any atom is 0.320 e. The number of nitrogen functional groups attached to an aromatic ring is 1. The van der Waals surface area contributed by atoms with Gasteiger partial charge in [0.1, 0.15) is 0 Å². The smallest absolute Gasteiger partial charge is 0.320 e. The standard InChI is InChI=1S/C19H32N6O2/c1-14(2)27-18-22-16(20)15-17(23-18)25(19(21-15)26-3)13-9-5-8-12-24-10-6-4-7-11-24/h14H,4-13H2,1-3H3,(H2,20,22,23). The average Bonchev–Trinajstić information content (AvgIpc) is 3.00. The van der Waals surface area contributed by atoms with Gasteiger partial charge in [0.2, 0.25) is 0 Å². The molecule has 27 heavy (non-hydrogen) atoms. The van der Waals surface area contributed by atoms with Crippen LogP contribution in [-0.4, -0.2) is 57.3 Å². The average molecular weight is 377 g/mol. The van der Waals surface area contributed by atoms with Gasteiger partial charge in [-0.25, -0.2) is 0 Å². The van der Waals surface area contributed by atoms with Crippen LogP contribution in [0.25, 0.3) is 11.2 Å². The summed E-state index contributed by atoms with van der Waals surface area (Å²) in [6.07, 6.45) is 7.48. The van der Waals surface area contributed by atoms with Gasteiger partial charge >= 0.3 is 6.01 Å². The third-order valence-corrected chi connectivity index (χ3v) is 4.89. The predicted molar refractivity (Wildman–Crippen MR) is 106 cm³/mol. The lowest BCUT2D eigenvalue weighted by Crippen LogP contribution is -2.30. The molecule has 0 saturated carbocycles. The zero-order valence-corrected chi connectivity index (χ0v) is 16.8. The Morgan fingerprint density at radius 2 is 1.74 bits per heavy atom. The molecule has 0 bridgehead atoms. The quantitative estimate of drug-likeness (QED) is 0.673. The lowest BCUT2D eigenvalue weighted by molar-refractivity contribution is 0.223. The largest absolute Gasteiger partial charge is 0.468 e. The van der Waals surface area contributed by atoms with Crippen molar-refractivity contribution in [3.63, 3.8) is 0 Å². The summed E-state index contributed by atoms with van der Waals surface area (Å²) in [5.41, 5.74) is 7.30. The number of nitrogens with zero attached hydrogens (tertiary/aromatic N) is 5. The molecule has 3 heterocycles. The lowest BCUT2D eigenvalue weighted by atomic mass is 10.1. The molecule has 0 aliphatic carbocycles. The molecule has 0 unspecified atom stereocenters. The fourth-order valence-corrected chi connectivity index (χ4v) is 3.57. The lowest BCUT2D eigenvalue weighted by Gasteiger charge is -2.26. The number of hydrogen-bond acceptors (Lipinski definition) is 7. The van der Waals surface area contributed by atoms with E-state index in [4.69, 9.17) is 15.2 Å². The maximum atomic E-state index is 6.06. The Hall–Kier alpha value is -2.09. The van der Waals surface area contributed by atoms with Gasteiger partial charge in [-0.3, -0.25) is 4.57 Å². The first kappa shape index (κ1) is 19.7. The Kier molecular flexibility index (Phi) is 6.71. The van der Waals surface area contributed by atoms with Crippen LogP contribution in [0.15, 0.2) is 0 Å². The molecule has 1 fully saturated rings. The number of aryl methyl sites for hydroxylation is 1. The van der Waals surface area contributed by atoms with Crippen LogP contribution in [0.3, 0.4) is 0 Å². The van der Waals surface area contributed by atoms with Gasteiger partial charge in [0.05, 0.1) is 13.2 Å². The monoisotopic (exact) mass is 376 g/mol. The zero-order valence-electron chi connectivity index (χ0n) is 16.8. The van der Waals surface area contributed by atoms with Crippen LogP contribution < -0.4 is 15.2 Å². The van der Waals surface area contributed by atoms with Gasteiger partial charge in [-0.15, -0.1) is 0 Å². The molecule has 2 aromatic rings. The van der Waals surface area contributed by atoms with E-state index in [1.165, 1.54) is 45.3 Å². The molecule has 8 nitrogen and oxygen atoms in total. The minimum atomic E-state index is -0.0186. The summed E-state index contributed by atoms with van der Waals surface area (Å²) in [6, 6.07) is 0.799. The SMILES string of the molecule is COc1nc2c(N)nc(OC(C)C)nc2n1CCCCCN1CCCCC1. The summed E-state index contributed by atoms with van der Waals surface area (Å²) >= 11 is 0. The van der Waals surface area contributed by atoms with Crippen molar-refractivity contribution in [1.29, 1.82) is 0 Å². The number of aromatic nitrogens is 4. The molecule has 0 atom stereocenters. The van der Waals surface area contributed by atoms with E-state index in [-0.39, 0.29) is 12.1 Å². The Bertz CT molecular complexity index is 739. The Morgan fingerprint density at radius 3 is 2.44 bits per heavy atom. The van der Waals surface area contributed by atoms with E-state index < -0.39 is 0 Å². The summed E-state index contributed by atoms with van der Waals surface area (Å²) in [5.74, 6) is 0.317. The first-order valence-corrected chi connectivity index (χ1v) is 10.0. The summed E-state index contributed by atoms with van der Waals surface area (Å²) in [4.78, 5) is 15.7. The first-order valence-electron chi connectivity index (χ1n) is 10.0. The van der Waals surface area contributed by atoms with Gasteiger partial charge in [0.15, 0.2) is 17.0 Å². The number of rotatable bonds is 9. The number of anilines is 1. The number of ether oxygens (including phenoxy) is 2. The van der Waals surface area contributed by atoms with Gasteiger partial charge in [-0.2, -0.15) is 15.0 Å². The van der Waals surface area contributed by atoms with Crippen molar-refractivity contribution in [1.82, 2.24) is 24.4 Å². The minimum Gasteiger partial charge on any atom is -0.468 e. The summed E-state index contributed by atoms with van der Waals surface area (Å²) in [6.45, 7) is 8.37. The van der Waals surface area contributed by atoms with E-state index in [1.807, 2.05) is 18.4 Å². The highest BCUT2D eigenvalue weighted by atomic mass is 16.5. The van der Waals surface area contributed by atoms with Crippen molar-refractivity contribution >= 4 is 17.0 Å². The number of hydrogen-bond donors (Lipinski definition) is 1. The highest BCUT2D eigenvalue weighted by Gasteiger charge is 2.18. The van der Waals surface area contributed by atoms with Crippen LogP contribution in [0.5, 0.6) is 12.0 Å². The molecule has 0 aromatic carbocycles. The van der Waals surface area contributed by atoms with Gasteiger partial charge < -0.3 is 20.1 Å². The van der Waals surface area contributed by atoms with Gasteiger partial charge in [0, 0.05) is 6.54 Å². The predicted octanol–water partition coefficient (Wildman–Crippen LogP) is 2.86. The molecule has 1 aliphatic heterocycles. The first-order chi connectivity index (χ1) is 13.1. The summed E-state index contributed by atoms with van der Waals surface area (Å²) in [7, 11) is 1.61. The number of nitrogens with two attached hydrogens (primary N) is 1.